The molecule has 2 aromatic carbocycles. The minimum Gasteiger partial charge on any atom is -0.480 e. The van der Waals surface area contributed by atoms with Crippen LogP contribution in [-0.2, 0) is 14.3 Å². The van der Waals surface area contributed by atoms with E-state index in [4.69, 9.17) is 42.5 Å². The molecule has 0 saturated heterocycles. The molecule has 0 fully saturated rings. The van der Waals surface area contributed by atoms with Crippen molar-refractivity contribution in [1.82, 2.24) is 9.97 Å². The van der Waals surface area contributed by atoms with E-state index >= 15 is 0 Å². The molecule has 206 valence electrons. The predicted octanol–water partition coefficient (Wildman–Crippen LogP) is 7.13. The van der Waals surface area contributed by atoms with Crippen LogP contribution in [0.1, 0.15) is 39.5 Å². The summed E-state index contributed by atoms with van der Waals surface area (Å²) in [6, 6.07) is 14.0. The van der Waals surface area contributed by atoms with E-state index < -0.39 is 12.6 Å². The van der Waals surface area contributed by atoms with Crippen LogP contribution in [0.15, 0.2) is 60.9 Å². The van der Waals surface area contributed by atoms with Gasteiger partial charge in [0, 0.05) is 23.2 Å². The number of carboxylic acids is 1. The molecule has 8 nitrogen and oxygen atoms in total. The molecule has 10 heteroatoms. The summed E-state index contributed by atoms with van der Waals surface area (Å²) < 4.78 is 16.0. The van der Waals surface area contributed by atoms with Crippen molar-refractivity contribution in [2.75, 3.05) is 13.2 Å². The summed E-state index contributed by atoms with van der Waals surface area (Å²) in [5.74, 6) is -0.449. The molecule has 0 aliphatic heterocycles. The highest BCUT2D eigenvalue weighted by molar-refractivity contribution is 6.36. The van der Waals surface area contributed by atoms with Crippen LogP contribution < -0.4 is 9.47 Å². The lowest BCUT2D eigenvalue weighted by atomic mass is 10.1. The van der Waals surface area contributed by atoms with Crippen molar-refractivity contribution in [2.45, 2.75) is 45.6 Å². The van der Waals surface area contributed by atoms with Crippen molar-refractivity contribution in [2.24, 2.45) is 0 Å². The summed E-state index contributed by atoms with van der Waals surface area (Å²) in [5.41, 5.74) is 1.21. The Hall–Kier alpha value is -3.62. The van der Waals surface area contributed by atoms with Crippen molar-refractivity contribution >= 4 is 56.9 Å². The minimum atomic E-state index is -1.03. The van der Waals surface area contributed by atoms with E-state index in [1.165, 1.54) is 0 Å². The molecule has 39 heavy (non-hydrogen) atoms. The molecule has 0 aliphatic rings. The van der Waals surface area contributed by atoms with Gasteiger partial charge in [-0.25, -0.2) is 9.59 Å². The molecule has 0 amide bonds. The molecular weight excluding hydrogens is 543 g/mol. The summed E-state index contributed by atoms with van der Waals surface area (Å²) in [6.45, 7) is 3.53. The molecule has 2 aromatic heterocycles. The van der Waals surface area contributed by atoms with E-state index in [-0.39, 0.29) is 18.7 Å². The van der Waals surface area contributed by atoms with Crippen LogP contribution >= 0.6 is 23.2 Å². The van der Waals surface area contributed by atoms with Gasteiger partial charge < -0.3 is 19.3 Å². The molecule has 0 saturated carbocycles. The zero-order chi connectivity index (χ0) is 28.2. The third-order valence-corrected chi connectivity index (χ3v) is 6.26. The topological polar surface area (TPSA) is 108 Å². The Morgan fingerprint density at radius 2 is 1.38 bits per heavy atom. The Kier molecular flexibility index (Phi) is 11.6. The van der Waals surface area contributed by atoms with Crippen molar-refractivity contribution in [3.63, 3.8) is 0 Å². The number of carboxylic acid groups (broad SMARTS) is 1. The molecule has 2 heterocycles. The number of hydrogen-bond donors (Lipinski definition) is 1. The average molecular weight is 573 g/mol. The molecule has 0 aliphatic carbocycles. The zero-order valence-electron chi connectivity index (χ0n) is 21.7. The average Bonchev–Trinajstić information content (AvgIpc) is 2.93. The van der Waals surface area contributed by atoms with E-state index in [1.807, 2.05) is 19.1 Å². The molecule has 0 spiro atoms. The van der Waals surface area contributed by atoms with Gasteiger partial charge in [-0.3, -0.25) is 9.97 Å². The number of benzene rings is 2. The monoisotopic (exact) mass is 572 g/mol. The number of pyridine rings is 2. The Morgan fingerprint density at radius 1 is 0.846 bits per heavy atom. The Labute approximate surface area is 236 Å². The van der Waals surface area contributed by atoms with Crippen LogP contribution in [0.2, 0.25) is 10.0 Å². The van der Waals surface area contributed by atoms with Crippen LogP contribution in [0.3, 0.4) is 0 Å². The fourth-order valence-corrected chi connectivity index (χ4v) is 4.16. The predicted molar refractivity (Wildman–Crippen MR) is 152 cm³/mol. The third-order valence-electron chi connectivity index (χ3n) is 5.60. The zero-order valence-corrected chi connectivity index (χ0v) is 23.2. The second kappa shape index (κ2) is 15.1. The molecule has 0 bridgehead atoms. The number of unbranched alkanes of at least 4 members (excludes halogenated alkanes) is 2. The SMILES string of the molecule is CCCCCC(C)OC(=O)COc1ccc(Cl)c2cccnc12.O=C(O)COc1ccc(Cl)c2cccnc12. The number of rotatable bonds is 11. The van der Waals surface area contributed by atoms with Crippen LogP contribution in [0.5, 0.6) is 11.5 Å². The maximum absolute atomic E-state index is 11.9. The smallest absolute Gasteiger partial charge is 0.344 e. The van der Waals surface area contributed by atoms with E-state index in [9.17, 15) is 9.59 Å². The number of aromatic nitrogens is 2. The van der Waals surface area contributed by atoms with Crippen molar-refractivity contribution in [3.8, 4) is 11.5 Å². The number of carbonyl (C=O) groups is 2. The number of fused-ring (bicyclic) bond motifs is 2. The number of nitrogens with zero attached hydrogens (tertiary/aromatic N) is 2. The minimum absolute atomic E-state index is 0.0854. The van der Waals surface area contributed by atoms with Gasteiger partial charge in [0.25, 0.3) is 0 Å². The number of ether oxygens (including phenoxy) is 3. The largest absolute Gasteiger partial charge is 0.480 e. The summed E-state index contributed by atoms with van der Waals surface area (Å²) in [5, 5.41) is 11.2. The second-order valence-electron chi connectivity index (χ2n) is 8.66. The molecular formula is C29H30Cl2N2O6. The number of hydrogen-bond acceptors (Lipinski definition) is 7. The number of halogens is 2. The van der Waals surface area contributed by atoms with Gasteiger partial charge in [0.15, 0.2) is 13.2 Å². The highest BCUT2D eigenvalue weighted by atomic mass is 35.5. The van der Waals surface area contributed by atoms with Crippen molar-refractivity contribution in [1.29, 1.82) is 0 Å². The first-order chi connectivity index (χ1) is 18.8. The van der Waals surface area contributed by atoms with Crippen molar-refractivity contribution < 1.29 is 28.9 Å². The molecule has 1 unspecified atom stereocenters. The lowest BCUT2D eigenvalue weighted by Gasteiger charge is -2.14. The normalized spacial score (nSPS) is 11.4. The fraction of sp³-hybridized carbons (Fsp3) is 0.310. The highest BCUT2D eigenvalue weighted by Crippen LogP contribution is 2.30. The van der Waals surface area contributed by atoms with Gasteiger partial charge in [-0.1, -0.05) is 43.0 Å². The fourth-order valence-electron chi connectivity index (χ4n) is 3.73. The van der Waals surface area contributed by atoms with E-state index in [2.05, 4.69) is 16.9 Å². The molecule has 1 N–H and O–H groups in total. The molecule has 1 atom stereocenters. The Morgan fingerprint density at radius 3 is 1.90 bits per heavy atom. The van der Waals surface area contributed by atoms with Gasteiger partial charge >= 0.3 is 11.9 Å². The van der Waals surface area contributed by atoms with Crippen LogP contribution in [0, 0.1) is 0 Å². The molecule has 0 radical (unpaired) electrons. The first-order valence-corrected chi connectivity index (χ1v) is 13.3. The highest BCUT2D eigenvalue weighted by Gasteiger charge is 2.13. The number of aliphatic carboxylic acids is 1. The van der Waals surface area contributed by atoms with Gasteiger partial charge in [-0.15, -0.1) is 0 Å². The Bertz CT molecular complexity index is 1420. The maximum Gasteiger partial charge on any atom is 0.344 e. The summed E-state index contributed by atoms with van der Waals surface area (Å²) in [6.07, 6.45) is 7.44. The van der Waals surface area contributed by atoms with Gasteiger partial charge in [-0.2, -0.15) is 0 Å². The number of carbonyl (C=O) groups excluding carboxylic acids is 1. The lowest BCUT2D eigenvalue weighted by molar-refractivity contribution is -0.151. The maximum atomic E-state index is 11.9. The van der Waals surface area contributed by atoms with E-state index in [0.29, 0.717) is 32.6 Å². The van der Waals surface area contributed by atoms with Gasteiger partial charge in [0.2, 0.25) is 0 Å². The first kappa shape index (κ1) is 29.9. The van der Waals surface area contributed by atoms with Crippen LogP contribution in [0.25, 0.3) is 21.8 Å². The van der Waals surface area contributed by atoms with Crippen LogP contribution in [-0.4, -0.2) is 46.3 Å². The first-order valence-electron chi connectivity index (χ1n) is 12.5. The number of esters is 1. The standard InChI is InChI=1S/C18H22ClNO3.C11H8ClNO3/c1-3-4-5-7-13(2)23-17(21)12-22-16-10-9-15(19)14-8-6-11-20-18(14)16;12-8-3-4-9(16-6-10(14)15)11-7(8)2-1-5-13-11/h6,8-11,13H,3-5,7,12H2,1-2H3;1-5H,6H2,(H,14,15). The lowest BCUT2D eigenvalue weighted by Crippen LogP contribution is -2.20. The van der Waals surface area contributed by atoms with Crippen molar-refractivity contribution in [3.05, 3.63) is 71.0 Å². The van der Waals surface area contributed by atoms with E-state index in [1.54, 1.807) is 48.8 Å². The van der Waals surface area contributed by atoms with Crippen LogP contribution in [0.4, 0.5) is 0 Å². The Balaban J connectivity index is 0.000000230. The summed E-state index contributed by atoms with van der Waals surface area (Å²) in [7, 11) is 0. The van der Waals surface area contributed by atoms with Gasteiger partial charge in [0.1, 0.15) is 22.5 Å². The van der Waals surface area contributed by atoms with E-state index in [0.717, 1.165) is 36.5 Å². The summed E-state index contributed by atoms with van der Waals surface area (Å²) >= 11 is 12.1. The van der Waals surface area contributed by atoms with Gasteiger partial charge in [-0.05, 0) is 68.3 Å². The second-order valence-corrected chi connectivity index (χ2v) is 9.47. The molecule has 4 rings (SSSR count). The molecule has 4 aromatic rings. The summed E-state index contributed by atoms with van der Waals surface area (Å²) in [4.78, 5) is 30.7. The quantitative estimate of drug-likeness (QED) is 0.149. The third kappa shape index (κ3) is 8.97. The van der Waals surface area contributed by atoms with Gasteiger partial charge in [0.05, 0.1) is 16.1 Å².